The van der Waals surface area contributed by atoms with Crippen molar-refractivity contribution >= 4 is 11.7 Å². The molecule has 0 atom stereocenters. The summed E-state index contributed by atoms with van der Waals surface area (Å²) < 4.78 is 11.6. The molecule has 0 heterocycles. The molecule has 2 aliphatic rings. The second kappa shape index (κ2) is 10.9. The Morgan fingerprint density at radius 3 is 2.08 bits per heavy atom. The fourth-order valence-corrected chi connectivity index (χ4v) is 4.03. The van der Waals surface area contributed by atoms with Crippen molar-refractivity contribution in [2.75, 3.05) is 13.2 Å². The number of rotatable bonds is 9. The summed E-state index contributed by atoms with van der Waals surface area (Å²) in [4.78, 5) is 23.4. The van der Waals surface area contributed by atoms with Crippen molar-refractivity contribution in [3.8, 4) is 0 Å². The topological polar surface area (TPSA) is 64.6 Å². The molecule has 0 saturated heterocycles. The summed E-state index contributed by atoms with van der Waals surface area (Å²) in [5.74, 6) is 0.617. The summed E-state index contributed by atoms with van der Waals surface area (Å²) in [5.41, 5.74) is 0. The van der Waals surface area contributed by atoms with Crippen LogP contribution in [0.3, 0.4) is 0 Å². The first-order chi connectivity index (χ1) is 12.1. The molecule has 2 aliphatic carbocycles. The normalized spacial score (nSPS) is 30.0. The van der Waals surface area contributed by atoms with Gasteiger partial charge in [-0.15, -0.1) is 0 Å². The van der Waals surface area contributed by atoms with E-state index in [0.29, 0.717) is 25.2 Å². The van der Waals surface area contributed by atoms with E-state index < -0.39 is 0 Å². The number of hydrogen-bond donors (Lipinski definition) is 1. The van der Waals surface area contributed by atoms with Crippen LogP contribution in [0, 0.1) is 5.92 Å². The van der Waals surface area contributed by atoms with Crippen molar-refractivity contribution in [1.82, 2.24) is 5.32 Å². The molecule has 5 heteroatoms. The molecule has 0 aromatic rings. The number of amides is 1. The zero-order valence-electron chi connectivity index (χ0n) is 15.9. The highest BCUT2D eigenvalue weighted by molar-refractivity contribution is 5.78. The van der Waals surface area contributed by atoms with E-state index >= 15 is 0 Å². The highest BCUT2D eigenvalue weighted by atomic mass is 16.5. The third-order valence-corrected chi connectivity index (χ3v) is 5.59. The van der Waals surface area contributed by atoms with Crippen LogP contribution in [-0.2, 0) is 19.1 Å². The molecule has 2 fully saturated rings. The van der Waals surface area contributed by atoms with E-state index in [2.05, 4.69) is 5.32 Å². The monoisotopic (exact) mass is 353 g/mol. The maximum Gasteiger partial charge on any atom is 0.220 e. The standard InChI is InChI=1S/C20H35NO4/c1-3-24-18-10-12-19(13-11-18)25-14-4-5-20(23)21-17-8-6-16(7-9-17)15(2)22/h16-19H,3-14H2,1-2H3,(H,21,23). The lowest BCUT2D eigenvalue weighted by Gasteiger charge is -2.28. The molecule has 0 bridgehead atoms. The summed E-state index contributed by atoms with van der Waals surface area (Å²) in [6, 6.07) is 0.248. The Morgan fingerprint density at radius 2 is 1.52 bits per heavy atom. The maximum atomic E-state index is 12.0. The van der Waals surface area contributed by atoms with Gasteiger partial charge in [0.05, 0.1) is 12.2 Å². The molecule has 2 saturated carbocycles. The third kappa shape index (κ3) is 7.45. The predicted octanol–water partition coefficient (Wildman–Crippen LogP) is 3.39. The Labute approximate surface area is 152 Å². The van der Waals surface area contributed by atoms with Crippen molar-refractivity contribution in [3.63, 3.8) is 0 Å². The van der Waals surface area contributed by atoms with Gasteiger partial charge in [-0.2, -0.15) is 0 Å². The van der Waals surface area contributed by atoms with Crippen molar-refractivity contribution in [3.05, 3.63) is 0 Å². The van der Waals surface area contributed by atoms with E-state index in [0.717, 1.165) is 64.4 Å². The van der Waals surface area contributed by atoms with Gasteiger partial charge in [0.2, 0.25) is 5.91 Å². The predicted molar refractivity (Wildman–Crippen MR) is 97.4 cm³/mol. The van der Waals surface area contributed by atoms with E-state index in [1.807, 2.05) is 6.92 Å². The summed E-state index contributed by atoms with van der Waals surface area (Å²) >= 11 is 0. The summed E-state index contributed by atoms with van der Waals surface area (Å²) in [5, 5.41) is 3.11. The number of hydrogen-bond acceptors (Lipinski definition) is 4. The van der Waals surface area contributed by atoms with Gasteiger partial charge in [-0.25, -0.2) is 0 Å². The van der Waals surface area contributed by atoms with Gasteiger partial charge >= 0.3 is 0 Å². The van der Waals surface area contributed by atoms with Gasteiger partial charge in [-0.3, -0.25) is 9.59 Å². The lowest BCUT2D eigenvalue weighted by Crippen LogP contribution is -2.38. The van der Waals surface area contributed by atoms with Gasteiger partial charge in [0.1, 0.15) is 5.78 Å². The zero-order valence-corrected chi connectivity index (χ0v) is 15.9. The van der Waals surface area contributed by atoms with Crippen LogP contribution >= 0.6 is 0 Å². The Bertz CT molecular complexity index is 410. The summed E-state index contributed by atoms with van der Waals surface area (Å²) in [6.45, 7) is 5.17. The minimum atomic E-state index is 0.120. The highest BCUT2D eigenvalue weighted by Crippen LogP contribution is 2.25. The molecule has 1 amide bonds. The molecule has 1 N–H and O–H groups in total. The fourth-order valence-electron chi connectivity index (χ4n) is 4.03. The Hall–Kier alpha value is -0.940. The first-order valence-electron chi connectivity index (χ1n) is 10.1. The minimum Gasteiger partial charge on any atom is -0.379 e. The first kappa shape index (κ1) is 20.4. The number of nitrogens with one attached hydrogen (secondary N) is 1. The highest BCUT2D eigenvalue weighted by Gasteiger charge is 2.25. The number of ketones is 1. The van der Waals surface area contributed by atoms with E-state index in [1.165, 1.54) is 0 Å². The van der Waals surface area contributed by atoms with Crippen LogP contribution in [0.15, 0.2) is 0 Å². The smallest absolute Gasteiger partial charge is 0.220 e. The summed E-state index contributed by atoms with van der Waals surface area (Å²) in [6.07, 6.45) is 10.0. The Morgan fingerprint density at radius 1 is 0.920 bits per heavy atom. The molecule has 0 aliphatic heterocycles. The molecule has 0 aromatic heterocycles. The minimum absolute atomic E-state index is 0.120. The lowest BCUT2D eigenvalue weighted by molar-refractivity contribution is -0.123. The van der Waals surface area contributed by atoms with Gasteiger partial charge in [0, 0.05) is 31.6 Å². The number of carbonyl (C=O) groups excluding carboxylic acids is 2. The van der Waals surface area contributed by atoms with Crippen molar-refractivity contribution < 1.29 is 19.1 Å². The van der Waals surface area contributed by atoms with Crippen LogP contribution in [0.5, 0.6) is 0 Å². The zero-order chi connectivity index (χ0) is 18.1. The average molecular weight is 354 g/mol. The first-order valence-corrected chi connectivity index (χ1v) is 10.1. The quantitative estimate of drug-likeness (QED) is 0.645. The molecule has 0 spiro atoms. The molecule has 144 valence electrons. The number of carbonyl (C=O) groups is 2. The van der Waals surface area contributed by atoms with Gasteiger partial charge in [0.15, 0.2) is 0 Å². The second-order valence-corrected chi connectivity index (χ2v) is 7.56. The van der Waals surface area contributed by atoms with Gasteiger partial charge in [0.25, 0.3) is 0 Å². The van der Waals surface area contributed by atoms with Crippen LogP contribution in [-0.4, -0.2) is 43.2 Å². The van der Waals surface area contributed by atoms with E-state index in [4.69, 9.17) is 9.47 Å². The van der Waals surface area contributed by atoms with Crippen molar-refractivity contribution in [1.29, 1.82) is 0 Å². The molecule has 25 heavy (non-hydrogen) atoms. The lowest BCUT2D eigenvalue weighted by atomic mass is 9.84. The number of Topliss-reactive ketones (excluding diaryl/α,β-unsaturated/α-hetero) is 1. The van der Waals surface area contributed by atoms with E-state index in [-0.39, 0.29) is 23.7 Å². The molecule has 5 nitrogen and oxygen atoms in total. The van der Waals surface area contributed by atoms with Crippen LogP contribution in [0.4, 0.5) is 0 Å². The summed E-state index contributed by atoms with van der Waals surface area (Å²) in [7, 11) is 0. The molecule has 0 unspecified atom stereocenters. The third-order valence-electron chi connectivity index (χ3n) is 5.59. The van der Waals surface area contributed by atoms with Gasteiger partial charge in [-0.1, -0.05) is 0 Å². The SMILES string of the molecule is CCOC1CCC(OCCCC(=O)NC2CCC(C(C)=O)CC2)CC1. The van der Waals surface area contributed by atoms with Crippen LogP contribution < -0.4 is 5.32 Å². The van der Waals surface area contributed by atoms with E-state index in [1.54, 1.807) is 6.92 Å². The molecule has 2 rings (SSSR count). The van der Waals surface area contributed by atoms with Gasteiger partial charge < -0.3 is 14.8 Å². The van der Waals surface area contributed by atoms with Crippen LogP contribution in [0.2, 0.25) is 0 Å². The molecule has 0 radical (unpaired) electrons. The molecule has 0 aromatic carbocycles. The Balaban J connectivity index is 1.50. The maximum absolute atomic E-state index is 12.0. The molecular formula is C20H35NO4. The Kier molecular flexibility index (Phi) is 8.90. The second-order valence-electron chi connectivity index (χ2n) is 7.56. The fraction of sp³-hybridized carbons (Fsp3) is 0.900. The number of ether oxygens (including phenoxy) is 2. The van der Waals surface area contributed by atoms with Crippen LogP contribution in [0.1, 0.15) is 78.1 Å². The average Bonchev–Trinajstić information content (AvgIpc) is 2.61. The van der Waals surface area contributed by atoms with Gasteiger partial charge in [-0.05, 0) is 71.6 Å². The van der Waals surface area contributed by atoms with Crippen LogP contribution in [0.25, 0.3) is 0 Å². The largest absolute Gasteiger partial charge is 0.379 e. The molecular weight excluding hydrogens is 318 g/mol. The van der Waals surface area contributed by atoms with E-state index in [9.17, 15) is 9.59 Å². The van der Waals surface area contributed by atoms with Crippen molar-refractivity contribution in [2.24, 2.45) is 5.92 Å². The van der Waals surface area contributed by atoms with Crippen molar-refractivity contribution in [2.45, 2.75) is 96.3 Å².